The third-order valence-corrected chi connectivity index (χ3v) is 5.87. The van der Waals surface area contributed by atoms with Gasteiger partial charge in [-0.2, -0.15) is 18.3 Å². The largest absolute Gasteiger partial charge is 0.416 e. The minimum atomic E-state index is -4.44. The summed E-state index contributed by atoms with van der Waals surface area (Å²) < 4.78 is 40.8. The lowest BCUT2D eigenvalue weighted by atomic mass is 10.1. The lowest BCUT2D eigenvalue weighted by Gasteiger charge is -2.22. The van der Waals surface area contributed by atoms with Crippen LogP contribution in [-0.4, -0.2) is 70.7 Å². The molecular weight excluding hydrogens is 435 g/mol. The number of aryl methyl sites for hydroxylation is 1. The van der Waals surface area contributed by atoms with Crippen molar-refractivity contribution in [2.24, 2.45) is 0 Å². The fraction of sp³-hybridized carbons (Fsp3) is 0.522. The number of rotatable bonds is 6. The number of hydrogen-bond donors (Lipinski definition) is 1. The van der Waals surface area contributed by atoms with Gasteiger partial charge in [-0.15, -0.1) is 0 Å². The zero-order chi connectivity index (χ0) is 24.2. The molecule has 33 heavy (non-hydrogen) atoms. The van der Waals surface area contributed by atoms with Crippen LogP contribution in [0.25, 0.3) is 5.69 Å². The van der Waals surface area contributed by atoms with Gasteiger partial charge >= 0.3 is 6.18 Å². The van der Waals surface area contributed by atoms with Crippen LogP contribution < -0.4 is 5.32 Å². The van der Waals surface area contributed by atoms with E-state index in [0.29, 0.717) is 49.8 Å². The molecule has 2 amide bonds. The molecule has 7 nitrogen and oxygen atoms in total. The van der Waals surface area contributed by atoms with E-state index < -0.39 is 11.7 Å². The van der Waals surface area contributed by atoms with Gasteiger partial charge in [0.1, 0.15) is 0 Å². The third-order valence-electron chi connectivity index (χ3n) is 5.87. The Labute approximate surface area is 191 Å². The average Bonchev–Trinajstić information content (AvgIpc) is 2.92. The van der Waals surface area contributed by atoms with E-state index in [0.717, 1.165) is 30.7 Å². The molecule has 0 radical (unpaired) electrons. The number of likely N-dealkylation sites (N-methyl/N-ethyl adjacent to an activating group) is 1. The molecule has 0 spiro atoms. The maximum atomic E-state index is 13.1. The summed E-state index contributed by atoms with van der Waals surface area (Å²) in [7, 11) is 0. The van der Waals surface area contributed by atoms with Crippen molar-refractivity contribution >= 4 is 11.8 Å². The normalized spacial score (nSPS) is 15.4. The smallest absolute Gasteiger partial charge is 0.355 e. The first kappa shape index (κ1) is 24.8. The van der Waals surface area contributed by atoms with E-state index in [1.807, 2.05) is 11.8 Å². The number of hydrogen-bond acceptors (Lipinski definition) is 4. The highest BCUT2D eigenvalue weighted by molar-refractivity contribution is 5.79. The SMILES string of the molecule is CCNC(=O)CN1CCCN(C(=O)Cc2c(C)nn(-c3cccc(C(F)(F)F)c3)c2C)CC1. The van der Waals surface area contributed by atoms with Gasteiger partial charge in [0.15, 0.2) is 0 Å². The summed E-state index contributed by atoms with van der Waals surface area (Å²) in [6.07, 6.45) is -3.54. The van der Waals surface area contributed by atoms with Gasteiger partial charge in [-0.3, -0.25) is 14.5 Å². The molecule has 0 bridgehead atoms. The summed E-state index contributed by atoms with van der Waals surface area (Å²) in [5.74, 6) is -0.0739. The molecule has 180 valence electrons. The van der Waals surface area contributed by atoms with Crippen molar-refractivity contribution in [3.63, 3.8) is 0 Å². The number of nitrogens with zero attached hydrogens (tertiary/aromatic N) is 4. The first-order valence-corrected chi connectivity index (χ1v) is 11.1. The van der Waals surface area contributed by atoms with Crippen LogP contribution in [0.1, 0.15) is 35.9 Å². The third kappa shape index (κ3) is 6.13. The highest BCUT2D eigenvalue weighted by Crippen LogP contribution is 2.31. The van der Waals surface area contributed by atoms with Gasteiger partial charge in [0.05, 0.1) is 29.9 Å². The fourth-order valence-electron chi connectivity index (χ4n) is 4.09. The molecule has 3 rings (SSSR count). The lowest BCUT2D eigenvalue weighted by Crippen LogP contribution is -2.40. The van der Waals surface area contributed by atoms with E-state index in [-0.39, 0.29) is 18.2 Å². The number of halogens is 3. The van der Waals surface area contributed by atoms with Crippen LogP contribution in [0.3, 0.4) is 0 Å². The number of alkyl halides is 3. The molecule has 10 heteroatoms. The second-order valence-corrected chi connectivity index (χ2v) is 8.25. The predicted octanol–water partition coefficient (Wildman–Crippen LogP) is 2.72. The Morgan fingerprint density at radius 3 is 2.58 bits per heavy atom. The molecule has 1 aliphatic heterocycles. The molecule has 0 unspecified atom stereocenters. The first-order valence-electron chi connectivity index (χ1n) is 11.1. The predicted molar refractivity (Wildman–Crippen MR) is 118 cm³/mol. The van der Waals surface area contributed by atoms with Crippen LogP contribution in [0.15, 0.2) is 24.3 Å². The summed E-state index contributed by atoms with van der Waals surface area (Å²) in [5.41, 5.74) is 1.55. The minimum Gasteiger partial charge on any atom is -0.355 e. The first-order chi connectivity index (χ1) is 15.6. The number of amides is 2. The monoisotopic (exact) mass is 465 g/mol. The van der Waals surface area contributed by atoms with Crippen molar-refractivity contribution in [2.75, 3.05) is 39.3 Å². The van der Waals surface area contributed by atoms with Gasteiger partial charge in [0.25, 0.3) is 0 Å². The summed E-state index contributed by atoms with van der Waals surface area (Å²) in [6, 6.07) is 5.00. The van der Waals surface area contributed by atoms with Crippen LogP contribution in [0.4, 0.5) is 13.2 Å². The Kier molecular flexibility index (Phi) is 7.78. The van der Waals surface area contributed by atoms with Crippen LogP contribution in [0, 0.1) is 13.8 Å². The van der Waals surface area contributed by atoms with Crippen molar-refractivity contribution in [3.05, 3.63) is 46.8 Å². The lowest BCUT2D eigenvalue weighted by molar-refractivity contribution is -0.137. The number of benzene rings is 1. The average molecular weight is 466 g/mol. The maximum Gasteiger partial charge on any atom is 0.416 e. The number of nitrogens with one attached hydrogen (secondary N) is 1. The van der Waals surface area contributed by atoms with Crippen LogP contribution in [0.5, 0.6) is 0 Å². The van der Waals surface area contributed by atoms with Crippen molar-refractivity contribution in [1.82, 2.24) is 24.9 Å². The zero-order valence-corrected chi connectivity index (χ0v) is 19.2. The van der Waals surface area contributed by atoms with Crippen LogP contribution in [-0.2, 0) is 22.2 Å². The highest BCUT2D eigenvalue weighted by Gasteiger charge is 2.31. The van der Waals surface area contributed by atoms with E-state index in [1.54, 1.807) is 24.8 Å². The van der Waals surface area contributed by atoms with E-state index in [4.69, 9.17) is 0 Å². The molecule has 1 saturated heterocycles. The highest BCUT2D eigenvalue weighted by atomic mass is 19.4. The Morgan fingerprint density at radius 2 is 1.88 bits per heavy atom. The number of aromatic nitrogens is 2. The zero-order valence-electron chi connectivity index (χ0n) is 19.2. The van der Waals surface area contributed by atoms with E-state index in [1.165, 1.54) is 10.7 Å². The minimum absolute atomic E-state index is 0.0227. The van der Waals surface area contributed by atoms with Crippen molar-refractivity contribution < 1.29 is 22.8 Å². The fourth-order valence-corrected chi connectivity index (χ4v) is 4.09. The molecule has 0 aliphatic carbocycles. The molecule has 1 fully saturated rings. The van der Waals surface area contributed by atoms with Crippen molar-refractivity contribution in [2.45, 2.75) is 39.8 Å². The maximum absolute atomic E-state index is 13.1. The molecule has 1 N–H and O–H groups in total. The van der Waals surface area contributed by atoms with Crippen LogP contribution in [0.2, 0.25) is 0 Å². The van der Waals surface area contributed by atoms with Crippen molar-refractivity contribution in [1.29, 1.82) is 0 Å². The molecule has 2 aromatic rings. The second kappa shape index (κ2) is 10.4. The summed E-state index contributed by atoms with van der Waals surface area (Å²) >= 11 is 0. The van der Waals surface area contributed by atoms with Gasteiger partial charge in [-0.25, -0.2) is 4.68 Å². The summed E-state index contributed by atoms with van der Waals surface area (Å²) in [5, 5.41) is 7.20. The van der Waals surface area contributed by atoms with Gasteiger partial charge < -0.3 is 10.2 Å². The molecule has 2 heterocycles. The molecule has 1 aromatic carbocycles. The Balaban J connectivity index is 1.70. The number of carbonyl (C=O) groups is 2. The molecular formula is C23H30F3N5O2. The quantitative estimate of drug-likeness (QED) is 0.712. The standard InChI is InChI=1S/C23H30F3N5O2/c1-4-27-21(32)15-29-9-6-10-30(12-11-29)22(33)14-20-16(2)28-31(17(20)3)19-8-5-7-18(13-19)23(24,25)26/h5,7-8,13H,4,6,9-12,14-15H2,1-3H3,(H,27,32). The van der Waals surface area contributed by atoms with Gasteiger partial charge in [0, 0.05) is 44.0 Å². The van der Waals surface area contributed by atoms with Crippen molar-refractivity contribution in [3.8, 4) is 5.69 Å². The Morgan fingerprint density at radius 1 is 1.12 bits per heavy atom. The van der Waals surface area contributed by atoms with E-state index in [9.17, 15) is 22.8 Å². The summed E-state index contributed by atoms with van der Waals surface area (Å²) in [4.78, 5) is 28.7. The van der Waals surface area contributed by atoms with Gasteiger partial charge in [0.2, 0.25) is 11.8 Å². The number of carbonyl (C=O) groups excluding carboxylic acids is 2. The van der Waals surface area contributed by atoms with Crippen LogP contribution >= 0.6 is 0 Å². The van der Waals surface area contributed by atoms with E-state index in [2.05, 4.69) is 10.4 Å². The Bertz CT molecular complexity index is 1000. The van der Waals surface area contributed by atoms with E-state index >= 15 is 0 Å². The Hall–Kier alpha value is -2.88. The summed E-state index contributed by atoms with van der Waals surface area (Å²) in [6.45, 7) is 8.79. The van der Waals surface area contributed by atoms with Gasteiger partial charge in [-0.1, -0.05) is 6.07 Å². The topological polar surface area (TPSA) is 70.5 Å². The molecule has 0 atom stereocenters. The molecule has 1 aliphatic rings. The molecule has 1 aromatic heterocycles. The second-order valence-electron chi connectivity index (χ2n) is 8.25. The molecule has 0 saturated carbocycles. The van der Waals surface area contributed by atoms with Gasteiger partial charge in [-0.05, 0) is 45.4 Å².